The van der Waals surface area contributed by atoms with E-state index in [0.717, 1.165) is 4.90 Å². The highest BCUT2D eigenvalue weighted by Crippen LogP contribution is 2.48. The number of nitrogens with zero attached hydrogens (tertiary/aromatic N) is 3. The Morgan fingerprint density at radius 3 is 2.00 bits per heavy atom. The molecule has 148 valence electrons. The van der Waals surface area contributed by atoms with Gasteiger partial charge in [0.1, 0.15) is 0 Å². The van der Waals surface area contributed by atoms with Gasteiger partial charge in [-0.3, -0.25) is 0 Å². The van der Waals surface area contributed by atoms with E-state index in [-0.39, 0.29) is 36.9 Å². The van der Waals surface area contributed by atoms with Gasteiger partial charge < -0.3 is 14.4 Å². The summed E-state index contributed by atoms with van der Waals surface area (Å²) in [5.41, 5.74) is -4.76. The molecule has 0 unspecified atom stereocenters. The Morgan fingerprint density at radius 1 is 0.926 bits per heavy atom. The van der Waals surface area contributed by atoms with Crippen molar-refractivity contribution in [3.8, 4) is 0 Å². The van der Waals surface area contributed by atoms with Crippen LogP contribution in [0.2, 0.25) is 5.02 Å². The number of hydrogen-bond acceptors (Lipinski definition) is 5. The summed E-state index contributed by atoms with van der Waals surface area (Å²) in [5, 5.41) is 0.245. The van der Waals surface area contributed by atoms with Crippen LogP contribution in [-0.2, 0) is 9.47 Å². The third-order valence-electron chi connectivity index (χ3n) is 3.87. The molecule has 0 radical (unpaired) electrons. The lowest BCUT2D eigenvalue weighted by atomic mass is 10.1. The van der Waals surface area contributed by atoms with E-state index in [0.29, 0.717) is 0 Å². The van der Waals surface area contributed by atoms with Gasteiger partial charge in [0.25, 0.3) is 6.02 Å². The smallest absolute Gasteiger partial charge is 0.406 e. The van der Waals surface area contributed by atoms with Gasteiger partial charge in [-0.05, 0) is 24.3 Å². The van der Waals surface area contributed by atoms with Crippen molar-refractivity contribution in [3.05, 3.63) is 34.9 Å². The predicted molar refractivity (Wildman–Crippen MR) is 83.7 cm³/mol. The summed E-state index contributed by atoms with van der Waals surface area (Å²) in [6, 6.07) is 4.20. The molecule has 0 amide bonds. The molecule has 12 heteroatoms. The number of amidine groups is 1. The predicted octanol–water partition coefficient (Wildman–Crippen LogP) is 3.63. The van der Waals surface area contributed by atoms with Crippen LogP contribution < -0.4 is 0 Å². The molecule has 5 nitrogen and oxygen atoms in total. The summed E-state index contributed by atoms with van der Waals surface area (Å²) in [6.45, 7) is 0.277. The second kappa shape index (κ2) is 6.86. The summed E-state index contributed by atoms with van der Waals surface area (Å²) in [7, 11) is 0. The topological polar surface area (TPSA) is 46.4 Å². The minimum absolute atomic E-state index is 0.0263. The molecule has 2 aliphatic heterocycles. The molecule has 0 aromatic heterocycles. The number of morpholine rings is 1. The van der Waals surface area contributed by atoms with E-state index in [1.54, 1.807) is 0 Å². The monoisotopic (exact) mass is 415 g/mol. The third kappa shape index (κ3) is 3.70. The molecule has 0 atom stereocenters. The van der Waals surface area contributed by atoms with E-state index < -0.39 is 29.9 Å². The first-order chi connectivity index (χ1) is 12.5. The summed E-state index contributed by atoms with van der Waals surface area (Å²) in [4.78, 5) is 6.88. The first-order valence-corrected chi connectivity index (χ1v) is 8.01. The van der Waals surface area contributed by atoms with Crippen molar-refractivity contribution in [2.75, 3.05) is 26.3 Å². The molecule has 2 heterocycles. The molecular weight excluding hydrogens is 404 g/mol. The molecule has 2 aliphatic rings. The third-order valence-corrected chi connectivity index (χ3v) is 4.12. The molecule has 0 aliphatic carbocycles. The highest BCUT2D eigenvalue weighted by Gasteiger charge is 2.74. The van der Waals surface area contributed by atoms with Gasteiger partial charge in [-0.2, -0.15) is 31.3 Å². The van der Waals surface area contributed by atoms with Crippen molar-refractivity contribution < 1.29 is 35.8 Å². The average Bonchev–Trinajstić information content (AvgIpc) is 2.61. The van der Waals surface area contributed by atoms with Crippen molar-refractivity contribution in [3.63, 3.8) is 0 Å². The fraction of sp³-hybridized carbons (Fsp3) is 0.467. The molecular formula is C15H12ClF6N3O2. The number of ether oxygens (including phenoxy) is 2. The zero-order valence-corrected chi connectivity index (χ0v) is 14.2. The van der Waals surface area contributed by atoms with Crippen LogP contribution in [0.25, 0.3) is 0 Å². The maximum atomic E-state index is 13.5. The van der Waals surface area contributed by atoms with Crippen molar-refractivity contribution in [2.45, 2.75) is 18.0 Å². The molecule has 1 aromatic rings. The van der Waals surface area contributed by atoms with Crippen molar-refractivity contribution >= 4 is 23.5 Å². The Hall–Kier alpha value is -2.01. The molecule has 0 bridgehead atoms. The van der Waals surface area contributed by atoms with Crippen LogP contribution in [-0.4, -0.2) is 61.1 Å². The molecule has 0 N–H and O–H groups in total. The Labute approximate surface area is 154 Å². The fourth-order valence-electron chi connectivity index (χ4n) is 2.46. The number of alkyl halides is 6. The number of benzene rings is 1. The van der Waals surface area contributed by atoms with E-state index >= 15 is 0 Å². The van der Waals surface area contributed by atoms with Gasteiger partial charge in [0.2, 0.25) is 5.90 Å². The lowest BCUT2D eigenvalue weighted by molar-refractivity contribution is -0.293. The Morgan fingerprint density at radius 2 is 1.48 bits per heavy atom. The molecule has 0 saturated carbocycles. The fourth-order valence-corrected chi connectivity index (χ4v) is 2.59. The van der Waals surface area contributed by atoms with E-state index in [2.05, 4.69) is 9.98 Å². The normalized spacial score (nSPS) is 20.6. The van der Waals surface area contributed by atoms with Crippen LogP contribution in [0.4, 0.5) is 26.3 Å². The maximum Gasteiger partial charge on any atom is 0.443 e. The number of hydrogen-bond donors (Lipinski definition) is 0. The second-order valence-electron chi connectivity index (χ2n) is 5.69. The number of halogens is 7. The standard InChI is InChI=1S/C15H12ClF6N3O2/c16-10-3-1-9(2-4-10)11-23-13(14(17,18)19,15(20,21)22)24-12(27-11)25-5-7-26-8-6-25/h1-4H,5-8H2. The molecule has 1 saturated heterocycles. The molecule has 0 spiro atoms. The van der Waals surface area contributed by atoms with E-state index in [1.165, 1.54) is 24.3 Å². The van der Waals surface area contributed by atoms with Gasteiger partial charge in [-0.25, -0.2) is 4.99 Å². The van der Waals surface area contributed by atoms with E-state index in [1.807, 2.05) is 0 Å². The van der Waals surface area contributed by atoms with Gasteiger partial charge in [-0.1, -0.05) is 11.6 Å². The van der Waals surface area contributed by atoms with Gasteiger partial charge in [0.05, 0.1) is 13.2 Å². The van der Waals surface area contributed by atoms with E-state index in [9.17, 15) is 26.3 Å². The maximum absolute atomic E-state index is 13.5. The summed E-state index contributed by atoms with van der Waals surface area (Å²) in [6.07, 6.45) is -11.7. The summed E-state index contributed by atoms with van der Waals surface area (Å²) >= 11 is 5.72. The SMILES string of the molecule is FC(F)(F)C1(C(F)(F)F)N=C(c2ccc(Cl)cc2)OC(N2CCOCC2)=N1. The summed E-state index contributed by atoms with van der Waals surface area (Å²) in [5.74, 6) is -0.849. The zero-order valence-electron chi connectivity index (χ0n) is 13.4. The molecule has 3 rings (SSSR count). The van der Waals surface area contributed by atoms with Gasteiger partial charge in [0.15, 0.2) is 0 Å². The van der Waals surface area contributed by atoms with Crippen LogP contribution in [0.15, 0.2) is 34.3 Å². The van der Waals surface area contributed by atoms with Crippen molar-refractivity contribution in [1.29, 1.82) is 0 Å². The summed E-state index contributed by atoms with van der Waals surface area (Å²) < 4.78 is 91.5. The average molecular weight is 416 g/mol. The van der Waals surface area contributed by atoms with Crippen LogP contribution in [0.1, 0.15) is 5.56 Å². The number of aliphatic imine (C=N–C) groups is 2. The van der Waals surface area contributed by atoms with Crippen LogP contribution >= 0.6 is 11.6 Å². The highest BCUT2D eigenvalue weighted by atomic mass is 35.5. The van der Waals surface area contributed by atoms with E-state index in [4.69, 9.17) is 21.1 Å². The Balaban J connectivity index is 2.14. The zero-order chi connectivity index (χ0) is 19.9. The lowest BCUT2D eigenvalue weighted by Crippen LogP contribution is -2.58. The van der Waals surface area contributed by atoms with Crippen LogP contribution in [0.3, 0.4) is 0 Å². The van der Waals surface area contributed by atoms with Gasteiger partial charge in [-0.15, -0.1) is 0 Å². The minimum atomic E-state index is -5.83. The lowest BCUT2D eigenvalue weighted by Gasteiger charge is -2.37. The largest absolute Gasteiger partial charge is 0.443 e. The Bertz CT molecular complexity index is 740. The first-order valence-electron chi connectivity index (χ1n) is 7.63. The minimum Gasteiger partial charge on any atom is -0.406 e. The van der Waals surface area contributed by atoms with Crippen molar-refractivity contribution in [1.82, 2.24) is 4.90 Å². The quantitative estimate of drug-likeness (QED) is 0.658. The van der Waals surface area contributed by atoms with Gasteiger partial charge in [0, 0.05) is 23.7 Å². The van der Waals surface area contributed by atoms with Crippen molar-refractivity contribution in [2.24, 2.45) is 9.98 Å². The highest BCUT2D eigenvalue weighted by molar-refractivity contribution is 6.30. The molecule has 1 aromatic carbocycles. The van der Waals surface area contributed by atoms with Gasteiger partial charge >= 0.3 is 18.0 Å². The molecule has 1 fully saturated rings. The second-order valence-corrected chi connectivity index (χ2v) is 6.12. The van der Waals surface area contributed by atoms with Crippen LogP contribution in [0, 0.1) is 0 Å². The Kier molecular flexibility index (Phi) is 5.02. The number of rotatable bonds is 1. The van der Waals surface area contributed by atoms with Crippen LogP contribution in [0.5, 0.6) is 0 Å². The molecule has 27 heavy (non-hydrogen) atoms. The first kappa shape index (κ1) is 19.7.